The number of benzene rings is 1. The van der Waals surface area contributed by atoms with Crippen LogP contribution in [0.25, 0.3) is 0 Å². The monoisotopic (exact) mass is 180 g/mol. The molecule has 1 aliphatic rings. The zero-order valence-electron chi connectivity index (χ0n) is 7.55. The molecular formula is C10H13FN2. The highest BCUT2D eigenvalue weighted by molar-refractivity contribution is 5.53. The van der Waals surface area contributed by atoms with Crippen molar-refractivity contribution in [1.29, 1.82) is 0 Å². The van der Waals surface area contributed by atoms with Gasteiger partial charge in [-0.2, -0.15) is 0 Å². The molecule has 0 heterocycles. The van der Waals surface area contributed by atoms with Crippen molar-refractivity contribution >= 4 is 11.4 Å². The Hall–Kier alpha value is -1.25. The molecule has 1 aliphatic carbocycles. The predicted octanol–water partition coefficient (Wildman–Crippen LogP) is 2.23. The van der Waals surface area contributed by atoms with Crippen molar-refractivity contribution < 1.29 is 4.39 Å². The molecule has 1 fully saturated rings. The van der Waals surface area contributed by atoms with Gasteiger partial charge in [-0.15, -0.1) is 0 Å². The summed E-state index contributed by atoms with van der Waals surface area (Å²) in [6, 6.07) is 5.18. The van der Waals surface area contributed by atoms with Crippen LogP contribution in [-0.2, 0) is 0 Å². The summed E-state index contributed by atoms with van der Waals surface area (Å²) < 4.78 is 13.2. The first-order valence-electron chi connectivity index (χ1n) is 4.48. The maximum absolute atomic E-state index is 13.2. The average Bonchev–Trinajstić information content (AvgIpc) is 2.73. The summed E-state index contributed by atoms with van der Waals surface area (Å²) in [6.07, 6.45) is 1.13. The van der Waals surface area contributed by atoms with E-state index in [9.17, 15) is 4.39 Å². The Kier molecular flexibility index (Phi) is 1.87. The van der Waals surface area contributed by atoms with E-state index in [4.69, 9.17) is 5.73 Å². The maximum atomic E-state index is 13.2. The first kappa shape index (κ1) is 8.35. The first-order valence-corrected chi connectivity index (χ1v) is 4.48. The fourth-order valence-corrected chi connectivity index (χ4v) is 1.37. The van der Waals surface area contributed by atoms with Crippen molar-refractivity contribution in [2.75, 3.05) is 11.1 Å². The molecule has 13 heavy (non-hydrogen) atoms. The number of nitrogens with one attached hydrogen (secondary N) is 1. The SMILES string of the molecule is CC1CC1Nc1ccc(N)cc1F. The first-order chi connectivity index (χ1) is 6.16. The van der Waals surface area contributed by atoms with E-state index in [0.29, 0.717) is 23.3 Å². The van der Waals surface area contributed by atoms with Crippen LogP contribution >= 0.6 is 0 Å². The van der Waals surface area contributed by atoms with Gasteiger partial charge in [-0.3, -0.25) is 0 Å². The second-order valence-electron chi connectivity index (χ2n) is 3.70. The van der Waals surface area contributed by atoms with Gasteiger partial charge in [0.2, 0.25) is 0 Å². The lowest BCUT2D eigenvalue weighted by molar-refractivity contribution is 0.630. The number of rotatable bonds is 2. The highest BCUT2D eigenvalue weighted by Crippen LogP contribution is 2.33. The summed E-state index contributed by atoms with van der Waals surface area (Å²) >= 11 is 0. The van der Waals surface area contributed by atoms with Gasteiger partial charge >= 0.3 is 0 Å². The molecule has 0 radical (unpaired) electrons. The van der Waals surface area contributed by atoms with Gasteiger partial charge in [0.15, 0.2) is 0 Å². The van der Waals surface area contributed by atoms with Gasteiger partial charge in [-0.1, -0.05) is 6.92 Å². The van der Waals surface area contributed by atoms with E-state index >= 15 is 0 Å². The third-order valence-corrected chi connectivity index (χ3v) is 2.44. The summed E-state index contributed by atoms with van der Waals surface area (Å²) in [4.78, 5) is 0. The predicted molar refractivity (Wildman–Crippen MR) is 52.0 cm³/mol. The lowest BCUT2D eigenvalue weighted by Gasteiger charge is -2.06. The van der Waals surface area contributed by atoms with Gasteiger partial charge in [-0.05, 0) is 30.5 Å². The van der Waals surface area contributed by atoms with Crippen molar-refractivity contribution in [1.82, 2.24) is 0 Å². The van der Waals surface area contributed by atoms with E-state index in [1.54, 1.807) is 12.1 Å². The van der Waals surface area contributed by atoms with Gasteiger partial charge < -0.3 is 11.1 Å². The molecule has 2 nitrogen and oxygen atoms in total. The van der Waals surface area contributed by atoms with E-state index in [2.05, 4.69) is 12.2 Å². The minimum atomic E-state index is -0.265. The van der Waals surface area contributed by atoms with Crippen LogP contribution in [0.5, 0.6) is 0 Å². The highest BCUT2D eigenvalue weighted by Gasteiger charge is 2.32. The molecule has 0 spiro atoms. The smallest absolute Gasteiger partial charge is 0.148 e. The third kappa shape index (κ3) is 1.74. The Morgan fingerprint density at radius 2 is 2.23 bits per heavy atom. The van der Waals surface area contributed by atoms with Gasteiger partial charge in [0, 0.05) is 11.7 Å². The second-order valence-corrected chi connectivity index (χ2v) is 3.70. The van der Waals surface area contributed by atoms with Crippen LogP contribution in [0.15, 0.2) is 18.2 Å². The van der Waals surface area contributed by atoms with Crippen LogP contribution in [0.4, 0.5) is 15.8 Å². The molecule has 0 saturated heterocycles. The number of halogens is 1. The Bertz CT molecular complexity index is 325. The fraction of sp³-hybridized carbons (Fsp3) is 0.400. The average molecular weight is 180 g/mol. The van der Waals surface area contributed by atoms with Crippen molar-refractivity contribution in [3.05, 3.63) is 24.0 Å². The zero-order chi connectivity index (χ0) is 9.42. The summed E-state index contributed by atoms with van der Waals surface area (Å²) in [5.41, 5.74) is 6.46. The normalized spacial score (nSPS) is 25.7. The number of anilines is 2. The molecule has 1 aromatic carbocycles. The van der Waals surface area contributed by atoms with Crippen LogP contribution < -0.4 is 11.1 Å². The third-order valence-electron chi connectivity index (χ3n) is 2.44. The Morgan fingerprint density at radius 3 is 2.77 bits per heavy atom. The maximum Gasteiger partial charge on any atom is 0.148 e. The van der Waals surface area contributed by atoms with E-state index in [0.717, 1.165) is 6.42 Å². The molecular weight excluding hydrogens is 167 g/mol. The van der Waals surface area contributed by atoms with Crippen molar-refractivity contribution in [2.24, 2.45) is 5.92 Å². The van der Waals surface area contributed by atoms with Crippen molar-refractivity contribution in [3.8, 4) is 0 Å². The van der Waals surface area contributed by atoms with Gasteiger partial charge in [0.05, 0.1) is 5.69 Å². The number of hydrogen-bond donors (Lipinski definition) is 2. The zero-order valence-corrected chi connectivity index (χ0v) is 7.55. The van der Waals surface area contributed by atoms with E-state index in [1.807, 2.05) is 0 Å². The second kappa shape index (κ2) is 2.91. The summed E-state index contributed by atoms with van der Waals surface area (Å²) in [7, 11) is 0. The number of nitrogens with two attached hydrogens (primary N) is 1. The quantitative estimate of drug-likeness (QED) is 0.685. The molecule has 1 saturated carbocycles. The molecule has 2 rings (SSSR count). The van der Waals surface area contributed by atoms with E-state index < -0.39 is 0 Å². The Balaban J connectivity index is 2.11. The highest BCUT2D eigenvalue weighted by atomic mass is 19.1. The van der Waals surface area contributed by atoms with E-state index in [-0.39, 0.29) is 5.82 Å². The summed E-state index contributed by atoms with van der Waals surface area (Å²) in [6.45, 7) is 2.15. The standard InChI is InChI=1S/C10H13FN2/c1-6-4-10(6)13-9-3-2-7(12)5-8(9)11/h2-3,5-6,10,13H,4,12H2,1H3. The van der Waals surface area contributed by atoms with Crippen LogP contribution in [-0.4, -0.2) is 6.04 Å². The summed E-state index contributed by atoms with van der Waals surface area (Å²) in [5, 5.41) is 3.13. The Labute approximate surface area is 76.9 Å². The van der Waals surface area contributed by atoms with Crippen molar-refractivity contribution in [3.63, 3.8) is 0 Å². The van der Waals surface area contributed by atoms with Crippen LogP contribution in [0, 0.1) is 11.7 Å². The van der Waals surface area contributed by atoms with Gasteiger partial charge in [0.25, 0.3) is 0 Å². The molecule has 3 heteroatoms. The van der Waals surface area contributed by atoms with Gasteiger partial charge in [0.1, 0.15) is 5.82 Å². The lowest BCUT2D eigenvalue weighted by Crippen LogP contribution is -2.05. The number of nitrogen functional groups attached to an aromatic ring is 1. The molecule has 70 valence electrons. The lowest BCUT2D eigenvalue weighted by atomic mass is 10.2. The van der Waals surface area contributed by atoms with Crippen LogP contribution in [0.2, 0.25) is 0 Å². The van der Waals surface area contributed by atoms with Crippen molar-refractivity contribution in [2.45, 2.75) is 19.4 Å². The van der Waals surface area contributed by atoms with Crippen LogP contribution in [0.1, 0.15) is 13.3 Å². The molecule has 0 aromatic heterocycles. The molecule has 3 N–H and O–H groups in total. The molecule has 0 amide bonds. The van der Waals surface area contributed by atoms with Crippen LogP contribution in [0.3, 0.4) is 0 Å². The minimum Gasteiger partial charge on any atom is -0.399 e. The largest absolute Gasteiger partial charge is 0.399 e. The summed E-state index contributed by atoms with van der Waals surface area (Å²) in [5.74, 6) is 0.399. The topological polar surface area (TPSA) is 38.0 Å². The molecule has 0 bridgehead atoms. The minimum absolute atomic E-state index is 0.265. The molecule has 2 atom stereocenters. The fourth-order valence-electron chi connectivity index (χ4n) is 1.37. The molecule has 1 aromatic rings. The Morgan fingerprint density at radius 1 is 1.54 bits per heavy atom. The molecule has 0 aliphatic heterocycles. The molecule has 2 unspecified atom stereocenters. The number of hydrogen-bond acceptors (Lipinski definition) is 2. The van der Waals surface area contributed by atoms with Gasteiger partial charge in [-0.25, -0.2) is 4.39 Å². The van der Waals surface area contributed by atoms with E-state index in [1.165, 1.54) is 6.07 Å².